The van der Waals surface area contributed by atoms with Gasteiger partial charge in [-0.3, -0.25) is 4.79 Å². The zero-order chi connectivity index (χ0) is 19.4. The van der Waals surface area contributed by atoms with E-state index in [4.69, 9.17) is 0 Å². The highest BCUT2D eigenvalue weighted by Crippen LogP contribution is 2.63. The summed E-state index contributed by atoms with van der Waals surface area (Å²) in [7, 11) is 0. The van der Waals surface area contributed by atoms with Gasteiger partial charge in [-0.1, -0.05) is 43.2 Å². The van der Waals surface area contributed by atoms with Crippen LogP contribution in [0.25, 0.3) is 0 Å². The van der Waals surface area contributed by atoms with Gasteiger partial charge in [-0.05, 0) is 85.1 Å². The van der Waals surface area contributed by atoms with E-state index in [9.17, 15) is 4.79 Å². The number of amides is 1. The summed E-state index contributed by atoms with van der Waals surface area (Å²) in [5.74, 6) is 2.95. The van der Waals surface area contributed by atoms with E-state index in [0.717, 1.165) is 30.2 Å². The standard InChI is InChI=1S/C26H30N2O/c29-26(27-20-8-4-5-9-20)19-12-13-22-21(15-19)23-17-10-11-18(14-17)24(23)25(28-22)16-6-2-1-3-7-16/h1-3,6-7,12-13,15,17-18,20,23-25,28H,4-5,8-11,14H2,(H,27,29)/t17-,18+,23+,24+,25-/m0/s1. The molecule has 6 rings (SSSR count). The minimum Gasteiger partial charge on any atom is -0.378 e. The van der Waals surface area contributed by atoms with Gasteiger partial charge in [0.2, 0.25) is 0 Å². The molecular formula is C26H30N2O. The van der Waals surface area contributed by atoms with Gasteiger partial charge in [-0.15, -0.1) is 0 Å². The largest absolute Gasteiger partial charge is 0.378 e. The van der Waals surface area contributed by atoms with Crippen molar-refractivity contribution in [1.29, 1.82) is 0 Å². The number of fused-ring (bicyclic) bond motifs is 7. The van der Waals surface area contributed by atoms with Gasteiger partial charge >= 0.3 is 0 Å². The Morgan fingerprint density at radius 2 is 1.72 bits per heavy atom. The average molecular weight is 387 g/mol. The van der Waals surface area contributed by atoms with Gasteiger partial charge in [-0.25, -0.2) is 0 Å². The maximum Gasteiger partial charge on any atom is 0.251 e. The Hall–Kier alpha value is -2.29. The molecule has 2 aromatic carbocycles. The van der Waals surface area contributed by atoms with Crippen molar-refractivity contribution < 1.29 is 4.79 Å². The number of hydrogen-bond acceptors (Lipinski definition) is 2. The SMILES string of the molecule is O=C(NC1CCCC1)c1ccc2c(c1)[C@H]1[C@H]3CC[C@H](C3)[C@H]1[C@H](c1ccccc1)N2. The Kier molecular flexibility index (Phi) is 4.18. The van der Waals surface area contributed by atoms with Crippen LogP contribution in [-0.4, -0.2) is 11.9 Å². The molecule has 0 aromatic heterocycles. The third-order valence-corrected chi connectivity index (χ3v) is 8.20. The molecule has 0 radical (unpaired) electrons. The van der Waals surface area contributed by atoms with Crippen LogP contribution in [0.3, 0.4) is 0 Å². The number of carbonyl (C=O) groups excluding carboxylic acids is 1. The topological polar surface area (TPSA) is 41.1 Å². The van der Waals surface area contributed by atoms with E-state index in [1.54, 1.807) is 0 Å². The summed E-state index contributed by atoms with van der Waals surface area (Å²) in [5, 5.41) is 7.15. The Morgan fingerprint density at radius 3 is 2.55 bits per heavy atom. The first kappa shape index (κ1) is 17.6. The lowest BCUT2D eigenvalue weighted by Crippen LogP contribution is -2.36. The number of nitrogens with one attached hydrogen (secondary N) is 2. The molecule has 0 spiro atoms. The van der Waals surface area contributed by atoms with Gasteiger partial charge in [0.15, 0.2) is 0 Å². The first-order valence-electron chi connectivity index (χ1n) is 11.5. The molecule has 1 heterocycles. The average Bonchev–Trinajstić information content (AvgIpc) is 3.51. The minimum absolute atomic E-state index is 0.115. The molecule has 4 aliphatic rings. The third-order valence-electron chi connectivity index (χ3n) is 8.20. The molecule has 2 bridgehead atoms. The normalized spacial score (nSPS) is 32.5. The number of hydrogen-bond donors (Lipinski definition) is 2. The van der Waals surface area contributed by atoms with Crippen molar-refractivity contribution in [2.24, 2.45) is 17.8 Å². The molecule has 3 saturated carbocycles. The van der Waals surface area contributed by atoms with Crippen molar-refractivity contribution in [3.05, 3.63) is 65.2 Å². The molecule has 3 nitrogen and oxygen atoms in total. The Morgan fingerprint density at radius 1 is 0.931 bits per heavy atom. The number of benzene rings is 2. The van der Waals surface area contributed by atoms with Crippen LogP contribution in [0.15, 0.2) is 48.5 Å². The van der Waals surface area contributed by atoms with Crippen molar-refractivity contribution in [3.63, 3.8) is 0 Å². The lowest BCUT2D eigenvalue weighted by Gasteiger charge is -2.43. The second kappa shape index (κ2) is 6.90. The molecule has 1 amide bonds. The monoisotopic (exact) mass is 386 g/mol. The molecule has 3 aliphatic carbocycles. The van der Waals surface area contributed by atoms with E-state index in [-0.39, 0.29) is 5.91 Å². The second-order valence-electron chi connectivity index (χ2n) is 9.73. The highest BCUT2D eigenvalue weighted by Gasteiger charge is 2.53. The first-order valence-corrected chi connectivity index (χ1v) is 11.5. The predicted octanol–water partition coefficient (Wildman–Crippen LogP) is 5.66. The van der Waals surface area contributed by atoms with E-state index in [0.29, 0.717) is 23.9 Å². The fourth-order valence-electron chi connectivity index (χ4n) is 6.96. The molecule has 2 aromatic rings. The van der Waals surface area contributed by atoms with Crippen LogP contribution in [0, 0.1) is 17.8 Å². The summed E-state index contributed by atoms with van der Waals surface area (Å²) in [4.78, 5) is 12.9. The van der Waals surface area contributed by atoms with E-state index < -0.39 is 0 Å². The van der Waals surface area contributed by atoms with Crippen molar-refractivity contribution in [2.45, 2.75) is 62.9 Å². The second-order valence-corrected chi connectivity index (χ2v) is 9.73. The van der Waals surface area contributed by atoms with Crippen LogP contribution in [-0.2, 0) is 0 Å². The Balaban J connectivity index is 1.35. The van der Waals surface area contributed by atoms with Crippen LogP contribution in [0.1, 0.15) is 78.4 Å². The van der Waals surface area contributed by atoms with Crippen LogP contribution in [0.2, 0.25) is 0 Å². The summed E-state index contributed by atoms with van der Waals surface area (Å²) >= 11 is 0. The van der Waals surface area contributed by atoms with Crippen molar-refractivity contribution in [3.8, 4) is 0 Å². The van der Waals surface area contributed by atoms with E-state index >= 15 is 0 Å². The maximum atomic E-state index is 12.9. The van der Waals surface area contributed by atoms with Gasteiger partial charge in [0.1, 0.15) is 0 Å². The number of rotatable bonds is 3. The lowest BCUT2D eigenvalue weighted by molar-refractivity contribution is 0.0937. The molecule has 150 valence electrons. The highest BCUT2D eigenvalue weighted by molar-refractivity contribution is 5.95. The van der Waals surface area contributed by atoms with E-state index in [2.05, 4.69) is 53.1 Å². The quantitative estimate of drug-likeness (QED) is 0.715. The van der Waals surface area contributed by atoms with Gasteiger partial charge in [0.05, 0.1) is 6.04 Å². The molecule has 29 heavy (non-hydrogen) atoms. The Bertz CT molecular complexity index is 918. The Labute approximate surface area is 173 Å². The number of carbonyl (C=O) groups is 1. The maximum absolute atomic E-state index is 12.9. The van der Waals surface area contributed by atoms with Gasteiger partial charge in [0, 0.05) is 17.3 Å². The van der Waals surface area contributed by atoms with Crippen LogP contribution in [0.5, 0.6) is 0 Å². The molecule has 5 atom stereocenters. The zero-order valence-corrected chi connectivity index (χ0v) is 16.9. The minimum atomic E-state index is 0.115. The fraction of sp³-hybridized carbons (Fsp3) is 0.500. The molecule has 0 unspecified atom stereocenters. The number of anilines is 1. The summed E-state index contributed by atoms with van der Waals surface area (Å²) < 4.78 is 0. The van der Waals surface area contributed by atoms with Gasteiger partial charge in [-0.2, -0.15) is 0 Å². The molecule has 3 fully saturated rings. The molecular weight excluding hydrogens is 356 g/mol. The molecule has 1 aliphatic heterocycles. The predicted molar refractivity (Wildman–Crippen MR) is 116 cm³/mol. The molecule has 3 heteroatoms. The summed E-state index contributed by atoms with van der Waals surface area (Å²) in [6, 6.07) is 18.1. The highest BCUT2D eigenvalue weighted by atomic mass is 16.1. The van der Waals surface area contributed by atoms with Crippen LogP contribution >= 0.6 is 0 Å². The van der Waals surface area contributed by atoms with Gasteiger partial charge in [0.25, 0.3) is 5.91 Å². The summed E-state index contributed by atoms with van der Waals surface area (Å²) in [6.07, 6.45) is 8.83. The first-order chi connectivity index (χ1) is 14.3. The van der Waals surface area contributed by atoms with Gasteiger partial charge < -0.3 is 10.6 Å². The zero-order valence-electron chi connectivity index (χ0n) is 16.9. The van der Waals surface area contributed by atoms with Crippen molar-refractivity contribution >= 4 is 11.6 Å². The summed E-state index contributed by atoms with van der Waals surface area (Å²) in [6.45, 7) is 0. The van der Waals surface area contributed by atoms with Crippen molar-refractivity contribution in [1.82, 2.24) is 5.32 Å². The molecule has 0 saturated heterocycles. The fourth-order valence-corrected chi connectivity index (χ4v) is 6.96. The third kappa shape index (κ3) is 2.89. The van der Waals surface area contributed by atoms with E-state index in [1.807, 2.05) is 6.07 Å². The van der Waals surface area contributed by atoms with Crippen LogP contribution in [0.4, 0.5) is 5.69 Å². The lowest BCUT2D eigenvalue weighted by atomic mass is 9.68. The molecule has 2 N–H and O–H groups in total. The van der Waals surface area contributed by atoms with Crippen molar-refractivity contribution in [2.75, 3.05) is 5.32 Å². The van der Waals surface area contributed by atoms with Crippen LogP contribution < -0.4 is 10.6 Å². The van der Waals surface area contributed by atoms with E-state index in [1.165, 1.54) is 48.9 Å². The smallest absolute Gasteiger partial charge is 0.251 e. The summed E-state index contributed by atoms with van der Waals surface area (Å²) in [5.41, 5.74) is 4.89.